The van der Waals surface area contributed by atoms with E-state index in [0.29, 0.717) is 21.7 Å². The molecule has 3 rings (SSSR count). The molecule has 0 fully saturated rings. The van der Waals surface area contributed by atoms with Crippen molar-refractivity contribution in [2.75, 3.05) is 5.73 Å². The predicted octanol–water partition coefficient (Wildman–Crippen LogP) is 3.32. The lowest BCUT2D eigenvalue weighted by Gasteiger charge is -2.10. The van der Waals surface area contributed by atoms with E-state index >= 15 is 0 Å². The Hall–Kier alpha value is -2.30. The standard InChI is InChI=1S/C15H13ClN6S/c1-8(23-15-20-13(16)4-14(18)21-15)11-3-10-9(5-17)7-22(2)12(10)6-19-11/h3-4,6-8H,1-2H3,(H2,18,20,21). The maximum Gasteiger partial charge on any atom is 0.191 e. The van der Waals surface area contributed by atoms with Crippen molar-refractivity contribution in [2.24, 2.45) is 7.05 Å². The molecule has 116 valence electrons. The molecular formula is C15H13ClN6S. The van der Waals surface area contributed by atoms with Crippen LogP contribution in [0.2, 0.25) is 5.15 Å². The number of nitriles is 1. The molecule has 1 unspecified atom stereocenters. The van der Waals surface area contributed by atoms with Crippen LogP contribution in [0, 0.1) is 11.3 Å². The number of nitrogen functional groups attached to an aromatic ring is 1. The number of thioether (sulfide) groups is 1. The minimum Gasteiger partial charge on any atom is -0.384 e. The van der Waals surface area contributed by atoms with E-state index in [0.717, 1.165) is 16.6 Å². The third-order valence-corrected chi connectivity index (χ3v) is 4.59. The first kappa shape index (κ1) is 15.6. The number of anilines is 1. The monoisotopic (exact) mass is 344 g/mol. The van der Waals surface area contributed by atoms with Crippen LogP contribution in [-0.2, 0) is 7.05 Å². The van der Waals surface area contributed by atoms with Gasteiger partial charge in [0.15, 0.2) is 5.16 Å². The first-order valence-electron chi connectivity index (χ1n) is 6.79. The second-order valence-electron chi connectivity index (χ2n) is 5.05. The van der Waals surface area contributed by atoms with Crippen molar-refractivity contribution in [1.82, 2.24) is 19.5 Å². The van der Waals surface area contributed by atoms with E-state index in [1.165, 1.54) is 17.8 Å². The van der Waals surface area contributed by atoms with E-state index in [1.54, 1.807) is 12.4 Å². The number of hydrogen-bond donors (Lipinski definition) is 1. The SMILES string of the molecule is CC(Sc1nc(N)cc(Cl)n1)c1cc2c(C#N)cn(C)c2cn1. The van der Waals surface area contributed by atoms with Gasteiger partial charge in [-0.1, -0.05) is 23.4 Å². The molecule has 0 aliphatic carbocycles. The Morgan fingerprint density at radius 1 is 1.39 bits per heavy atom. The maximum absolute atomic E-state index is 9.24. The summed E-state index contributed by atoms with van der Waals surface area (Å²) in [6.45, 7) is 1.99. The topological polar surface area (TPSA) is 93.4 Å². The molecule has 1 atom stereocenters. The van der Waals surface area contributed by atoms with Crippen LogP contribution in [0.1, 0.15) is 23.4 Å². The third-order valence-electron chi connectivity index (χ3n) is 3.41. The fourth-order valence-corrected chi connectivity index (χ4v) is 3.41. The molecule has 6 nitrogen and oxygen atoms in total. The van der Waals surface area contributed by atoms with E-state index in [-0.39, 0.29) is 5.25 Å². The Morgan fingerprint density at radius 2 is 2.17 bits per heavy atom. The Morgan fingerprint density at radius 3 is 2.87 bits per heavy atom. The Kier molecular flexibility index (Phi) is 4.11. The molecule has 0 aliphatic rings. The number of fused-ring (bicyclic) bond motifs is 1. The van der Waals surface area contributed by atoms with Crippen LogP contribution in [0.3, 0.4) is 0 Å². The van der Waals surface area contributed by atoms with Crippen LogP contribution in [-0.4, -0.2) is 19.5 Å². The zero-order valence-corrected chi connectivity index (χ0v) is 14.1. The molecule has 0 amide bonds. The van der Waals surface area contributed by atoms with Gasteiger partial charge in [-0.15, -0.1) is 0 Å². The van der Waals surface area contributed by atoms with Crippen molar-refractivity contribution < 1.29 is 0 Å². The average molecular weight is 345 g/mol. The number of nitrogens with two attached hydrogens (primary N) is 1. The molecule has 3 heterocycles. The lowest BCUT2D eigenvalue weighted by Crippen LogP contribution is -1.98. The molecule has 0 aliphatic heterocycles. The lowest BCUT2D eigenvalue weighted by molar-refractivity contribution is 0.939. The number of hydrogen-bond acceptors (Lipinski definition) is 6. The zero-order valence-electron chi connectivity index (χ0n) is 12.5. The van der Waals surface area contributed by atoms with Crippen molar-refractivity contribution in [3.63, 3.8) is 0 Å². The molecule has 0 aromatic carbocycles. The number of pyridine rings is 1. The summed E-state index contributed by atoms with van der Waals surface area (Å²) in [6.07, 6.45) is 3.57. The van der Waals surface area contributed by atoms with Gasteiger partial charge < -0.3 is 10.3 Å². The first-order chi connectivity index (χ1) is 11.0. The van der Waals surface area contributed by atoms with Crippen LogP contribution >= 0.6 is 23.4 Å². The van der Waals surface area contributed by atoms with Gasteiger partial charge in [0.05, 0.1) is 28.2 Å². The summed E-state index contributed by atoms with van der Waals surface area (Å²) in [5.41, 5.74) is 8.08. The summed E-state index contributed by atoms with van der Waals surface area (Å²) in [7, 11) is 1.89. The fraction of sp³-hybridized carbons (Fsp3) is 0.200. The fourth-order valence-electron chi connectivity index (χ4n) is 2.29. The van der Waals surface area contributed by atoms with Crippen molar-refractivity contribution in [3.05, 3.63) is 40.9 Å². The highest BCUT2D eigenvalue weighted by Crippen LogP contribution is 2.34. The molecule has 0 saturated carbocycles. The molecule has 0 bridgehead atoms. The number of nitrogens with zero attached hydrogens (tertiary/aromatic N) is 5. The van der Waals surface area contributed by atoms with E-state index < -0.39 is 0 Å². The summed E-state index contributed by atoms with van der Waals surface area (Å²) in [5.74, 6) is 0.331. The molecular weight excluding hydrogens is 332 g/mol. The summed E-state index contributed by atoms with van der Waals surface area (Å²) in [6, 6.07) is 5.64. The zero-order chi connectivity index (χ0) is 16.6. The van der Waals surface area contributed by atoms with Crippen LogP contribution < -0.4 is 5.73 Å². The number of aryl methyl sites for hydroxylation is 1. The highest BCUT2D eigenvalue weighted by molar-refractivity contribution is 7.99. The lowest BCUT2D eigenvalue weighted by atomic mass is 10.2. The van der Waals surface area contributed by atoms with Gasteiger partial charge in [0.2, 0.25) is 0 Å². The van der Waals surface area contributed by atoms with Gasteiger partial charge >= 0.3 is 0 Å². The molecule has 0 spiro atoms. The summed E-state index contributed by atoms with van der Waals surface area (Å²) >= 11 is 7.32. The molecule has 3 aromatic rings. The smallest absolute Gasteiger partial charge is 0.191 e. The largest absolute Gasteiger partial charge is 0.384 e. The molecule has 0 radical (unpaired) electrons. The summed E-state index contributed by atoms with van der Waals surface area (Å²) in [4.78, 5) is 12.8. The first-order valence-corrected chi connectivity index (χ1v) is 8.05. The highest BCUT2D eigenvalue weighted by atomic mass is 35.5. The van der Waals surface area contributed by atoms with Gasteiger partial charge in [-0.25, -0.2) is 9.97 Å². The summed E-state index contributed by atoms with van der Waals surface area (Å²) < 4.78 is 1.89. The molecule has 2 N–H and O–H groups in total. The quantitative estimate of drug-likeness (QED) is 0.445. The third kappa shape index (κ3) is 3.09. The molecule has 3 aromatic heterocycles. The van der Waals surface area contributed by atoms with Crippen molar-refractivity contribution in [1.29, 1.82) is 5.26 Å². The second-order valence-corrected chi connectivity index (χ2v) is 6.75. The average Bonchev–Trinajstić information content (AvgIpc) is 2.82. The normalized spacial score (nSPS) is 12.3. The van der Waals surface area contributed by atoms with Gasteiger partial charge in [-0.05, 0) is 13.0 Å². The van der Waals surface area contributed by atoms with Gasteiger partial charge in [0.1, 0.15) is 17.0 Å². The van der Waals surface area contributed by atoms with Crippen LogP contribution in [0.4, 0.5) is 5.82 Å². The Bertz CT molecular complexity index is 909. The van der Waals surface area contributed by atoms with Gasteiger partial charge in [-0.2, -0.15) is 5.26 Å². The highest BCUT2D eigenvalue weighted by Gasteiger charge is 2.15. The van der Waals surface area contributed by atoms with Gasteiger partial charge in [0.25, 0.3) is 0 Å². The second kappa shape index (κ2) is 6.07. The molecule has 23 heavy (non-hydrogen) atoms. The number of aromatic nitrogens is 4. The van der Waals surface area contributed by atoms with Gasteiger partial charge in [-0.3, -0.25) is 4.98 Å². The van der Waals surface area contributed by atoms with Crippen LogP contribution in [0.25, 0.3) is 10.9 Å². The minimum atomic E-state index is -0.0102. The Balaban J connectivity index is 1.94. The summed E-state index contributed by atoms with van der Waals surface area (Å²) in [5, 5.41) is 10.9. The van der Waals surface area contributed by atoms with E-state index in [9.17, 15) is 5.26 Å². The van der Waals surface area contributed by atoms with Crippen molar-refractivity contribution in [2.45, 2.75) is 17.3 Å². The van der Waals surface area contributed by atoms with Crippen molar-refractivity contribution in [3.8, 4) is 6.07 Å². The van der Waals surface area contributed by atoms with Gasteiger partial charge in [0, 0.05) is 24.7 Å². The van der Waals surface area contributed by atoms with Crippen LogP contribution in [0.5, 0.6) is 0 Å². The van der Waals surface area contributed by atoms with E-state index in [4.69, 9.17) is 17.3 Å². The molecule has 0 saturated heterocycles. The van der Waals surface area contributed by atoms with E-state index in [2.05, 4.69) is 21.0 Å². The van der Waals surface area contributed by atoms with E-state index in [1.807, 2.05) is 24.6 Å². The Labute approximate surface area is 142 Å². The predicted molar refractivity (Wildman–Crippen MR) is 91.2 cm³/mol. The number of halogens is 1. The van der Waals surface area contributed by atoms with Crippen molar-refractivity contribution >= 4 is 40.1 Å². The minimum absolute atomic E-state index is 0.0102. The van der Waals surface area contributed by atoms with Crippen LogP contribution in [0.15, 0.2) is 29.7 Å². The number of rotatable bonds is 3. The molecule has 8 heteroatoms. The maximum atomic E-state index is 9.24.